The van der Waals surface area contributed by atoms with Crippen LogP contribution < -0.4 is 0 Å². The number of nitrogens with zero attached hydrogens (tertiary/aromatic N) is 5. The first-order valence-corrected chi connectivity index (χ1v) is 9.16. The van der Waals surface area contributed by atoms with Crippen molar-refractivity contribution in [3.63, 3.8) is 0 Å². The Labute approximate surface area is 136 Å². The van der Waals surface area contributed by atoms with Crippen LogP contribution in [0, 0.1) is 11.3 Å². The highest BCUT2D eigenvalue weighted by molar-refractivity contribution is 7.91. The van der Waals surface area contributed by atoms with E-state index in [-0.39, 0.29) is 17.2 Å². The van der Waals surface area contributed by atoms with Gasteiger partial charge in [0, 0.05) is 0 Å². The summed E-state index contributed by atoms with van der Waals surface area (Å²) >= 11 is 1.49. The van der Waals surface area contributed by atoms with Crippen LogP contribution in [0.15, 0.2) is 46.7 Å². The molecule has 0 bridgehead atoms. The summed E-state index contributed by atoms with van der Waals surface area (Å²) in [5.74, 6) is 0.342. The van der Waals surface area contributed by atoms with E-state index < -0.39 is 9.84 Å². The third kappa shape index (κ3) is 3.44. The van der Waals surface area contributed by atoms with Crippen molar-refractivity contribution in [3.8, 4) is 16.8 Å². The van der Waals surface area contributed by atoms with Crippen molar-refractivity contribution in [2.45, 2.75) is 11.4 Å². The maximum absolute atomic E-state index is 12.3. The number of thiophene rings is 1. The van der Waals surface area contributed by atoms with Crippen LogP contribution in [0.2, 0.25) is 0 Å². The first-order chi connectivity index (χ1) is 11.1. The Morgan fingerprint density at radius 2 is 2.00 bits per heavy atom. The summed E-state index contributed by atoms with van der Waals surface area (Å²) in [4.78, 5) is 2.33. The number of benzene rings is 1. The highest BCUT2D eigenvalue weighted by atomic mass is 32.2. The number of nitriles is 1. The summed E-state index contributed by atoms with van der Waals surface area (Å²) in [5.41, 5.74) is 0.419. The Morgan fingerprint density at radius 1 is 1.22 bits per heavy atom. The molecule has 0 atom stereocenters. The molecule has 0 amide bonds. The van der Waals surface area contributed by atoms with Gasteiger partial charge in [-0.1, -0.05) is 6.07 Å². The number of rotatable bonds is 5. The molecule has 0 aliphatic heterocycles. The van der Waals surface area contributed by atoms with Crippen LogP contribution in [0.1, 0.15) is 5.56 Å². The molecule has 116 valence electrons. The first kappa shape index (κ1) is 15.3. The van der Waals surface area contributed by atoms with E-state index in [0.29, 0.717) is 11.4 Å². The zero-order valence-electron chi connectivity index (χ0n) is 11.8. The molecule has 0 unspecified atom stereocenters. The summed E-state index contributed by atoms with van der Waals surface area (Å²) in [6, 6.07) is 11.5. The molecule has 0 saturated heterocycles. The normalized spacial score (nSPS) is 11.3. The van der Waals surface area contributed by atoms with E-state index >= 15 is 0 Å². The van der Waals surface area contributed by atoms with Crippen molar-refractivity contribution >= 4 is 21.2 Å². The third-order valence-electron chi connectivity index (χ3n) is 3.10. The molecule has 0 saturated carbocycles. The molecule has 2 heterocycles. The number of tetrazole rings is 1. The van der Waals surface area contributed by atoms with Gasteiger partial charge in [-0.15, -0.1) is 21.5 Å². The van der Waals surface area contributed by atoms with Crippen LogP contribution in [0.3, 0.4) is 0 Å². The van der Waals surface area contributed by atoms with Gasteiger partial charge in [-0.25, -0.2) is 8.42 Å². The van der Waals surface area contributed by atoms with Gasteiger partial charge in [0.2, 0.25) is 5.82 Å². The SMILES string of the molecule is N#Cc1ccc(S(=O)(=O)CCn2nnc(-c3cccs3)n2)cc1. The molecule has 0 spiro atoms. The largest absolute Gasteiger partial charge is 0.224 e. The molecule has 0 aliphatic carbocycles. The minimum Gasteiger partial charge on any atom is -0.224 e. The second-order valence-corrected chi connectivity index (χ2v) is 7.70. The molecule has 1 aromatic carbocycles. The molecule has 0 aliphatic rings. The van der Waals surface area contributed by atoms with Gasteiger partial charge in [0.15, 0.2) is 9.84 Å². The van der Waals surface area contributed by atoms with E-state index in [4.69, 9.17) is 5.26 Å². The summed E-state index contributed by atoms with van der Waals surface area (Å²) in [6.45, 7) is 0.112. The lowest BCUT2D eigenvalue weighted by Gasteiger charge is -2.03. The average Bonchev–Trinajstić information content (AvgIpc) is 3.24. The highest BCUT2D eigenvalue weighted by Gasteiger charge is 2.16. The standard InChI is InChI=1S/C14H11N5O2S2/c15-10-11-3-5-12(6-4-11)23(20,21)9-7-19-17-14(16-18-19)13-2-1-8-22-13/h1-6,8H,7,9H2. The van der Waals surface area contributed by atoms with Gasteiger partial charge in [0.05, 0.1) is 33.7 Å². The first-order valence-electron chi connectivity index (χ1n) is 6.63. The molecule has 3 aromatic rings. The Balaban J connectivity index is 1.70. The van der Waals surface area contributed by atoms with E-state index in [1.807, 2.05) is 23.6 Å². The molecule has 2 aromatic heterocycles. The molecular weight excluding hydrogens is 334 g/mol. The summed E-state index contributed by atoms with van der Waals surface area (Å²) in [7, 11) is -3.46. The minimum absolute atomic E-state index is 0.112. The smallest absolute Gasteiger partial charge is 0.214 e. The van der Waals surface area contributed by atoms with Gasteiger partial charge in [-0.2, -0.15) is 10.1 Å². The maximum atomic E-state index is 12.3. The van der Waals surface area contributed by atoms with Crippen molar-refractivity contribution in [3.05, 3.63) is 47.3 Å². The van der Waals surface area contributed by atoms with Crippen molar-refractivity contribution in [1.82, 2.24) is 20.2 Å². The number of sulfone groups is 1. The lowest BCUT2D eigenvalue weighted by Crippen LogP contribution is -2.15. The number of aromatic nitrogens is 4. The van der Waals surface area contributed by atoms with Crippen molar-refractivity contribution < 1.29 is 8.42 Å². The second kappa shape index (κ2) is 6.28. The molecule has 0 fully saturated rings. The average molecular weight is 345 g/mol. The fraction of sp³-hybridized carbons (Fsp3) is 0.143. The molecule has 3 rings (SSSR count). The Morgan fingerprint density at radius 3 is 2.65 bits per heavy atom. The van der Waals surface area contributed by atoms with Crippen molar-refractivity contribution in [2.24, 2.45) is 0 Å². The fourth-order valence-electron chi connectivity index (χ4n) is 1.90. The van der Waals surface area contributed by atoms with Crippen LogP contribution in [-0.2, 0) is 16.4 Å². The topological polar surface area (TPSA) is 102 Å². The lowest BCUT2D eigenvalue weighted by molar-refractivity contribution is 0.538. The predicted molar refractivity (Wildman–Crippen MR) is 84.3 cm³/mol. The molecule has 0 radical (unpaired) electrons. The predicted octanol–water partition coefficient (Wildman–Crippen LogP) is 1.75. The molecular formula is C14H11N5O2S2. The van der Waals surface area contributed by atoms with E-state index in [0.717, 1.165) is 4.88 Å². The summed E-state index contributed by atoms with van der Waals surface area (Å²) < 4.78 is 24.5. The third-order valence-corrected chi connectivity index (χ3v) is 5.67. The fourth-order valence-corrected chi connectivity index (χ4v) is 3.74. The van der Waals surface area contributed by atoms with Crippen LogP contribution in [0.25, 0.3) is 10.7 Å². The van der Waals surface area contributed by atoms with E-state index in [9.17, 15) is 8.42 Å². The van der Waals surface area contributed by atoms with Gasteiger partial charge < -0.3 is 0 Å². The zero-order valence-corrected chi connectivity index (χ0v) is 13.5. The van der Waals surface area contributed by atoms with Gasteiger partial charge >= 0.3 is 0 Å². The quantitative estimate of drug-likeness (QED) is 0.698. The van der Waals surface area contributed by atoms with Gasteiger partial charge in [0.1, 0.15) is 0 Å². The Kier molecular flexibility index (Phi) is 4.18. The summed E-state index contributed by atoms with van der Waals surface area (Å²) in [6.07, 6.45) is 0. The number of aryl methyl sites for hydroxylation is 1. The number of hydrogen-bond donors (Lipinski definition) is 0. The zero-order chi connectivity index (χ0) is 16.3. The number of hydrogen-bond acceptors (Lipinski definition) is 7. The maximum Gasteiger partial charge on any atom is 0.214 e. The Hall–Kier alpha value is -2.57. The van der Waals surface area contributed by atoms with Crippen LogP contribution in [0.5, 0.6) is 0 Å². The Bertz CT molecular complexity index is 938. The molecule has 23 heavy (non-hydrogen) atoms. The summed E-state index contributed by atoms with van der Waals surface area (Å²) in [5, 5.41) is 22.6. The van der Waals surface area contributed by atoms with Gasteiger partial charge in [-0.05, 0) is 40.9 Å². The van der Waals surface area contributed by atoms with Crippen molar-refractivity contribution in [2.75, 3.05) is 5.75 Å². The van der Waals surface area contributed by atoms with Crippen LogP contribution in [0.4, 0.5) is 0 Å². The van der Waals surface area contributed by atoms with E-state index in [2.05, 4.69) is 15.4 Å². The second-order valence-electron chi connectivity index (χ2n) is 4.64. The molecule has 0 N–H and O–H groups in total. The monoisotopic (exact) mass is 345 g/mol. The minimum atomic E-state index is -3.46. The highest BCUT2D eigenvalue weighted by Crippen LogP contribution is 2.19. The lowest BCUT2D eigenvalue weighted by atomic mass is 10.2. The van der Waals surface area contributed by atoms with Crippen LogP contribution in [-0.4, -0.2) is 34.4 Å². The molecule has 9 heteroatoms. The van der Waals surface area contributed by atoms with Crippen molar-refractivity contribution in [1.29, 1.82) is 5.26 Å². The van der Waals surface area contributed by atoms with Gasteiger partial charge in [-0.3, -0.25) is 0 Å². The van der Waals surface area contributed by atoms with E-state index in [1.165, 1.54) is 40.4 Å². The van der Waals surface area contributed by atoms with E-state index in [1.54, 1.807) is 0 Å². The van der Waals surface area contributed by atoms with Gasteiger partial charge in [0.25, 0.3) is 0 Å². The molecule has 7 nitrogen and oxygen atoms in total. The van der Waals surface area contributed by atoms with Crippen LogP contribution >= 0.6 is 11.3 Å².